The van der Waals surface area contributed by atoms with Crippen LogP contribution in [-0.4, -0.2) is 91.6 Å². The Morgan fingerprint density at radius 1 is 1.03 bits per heavy atom. The first-order valence-corrected chi connectivity index (χ1v) is 10.4. The van der Waals surface area contributed by atoms with Crippen LogP contribution in [0.3, 0.4) is 0 Å². The standard InChI is InChI=1S/C21H28FN3O4/c22-17-3-5-18(6-4-17)29-14-9-23-7-8-25(20(26)16-1-2-16)19(15-23)21(27)24-10-12-28-13-11-24/h3-6,16,19H,1-2,7-15H2. The number of carbonyl (C=O) groups is 2. The molecule has 1 saturated carbocycles. The third kappa shape index (κ3) is 5.05. The van der Waals surface area contributed by atoms with E-state index in [4.69, 9.17) is 9.47 Å². The molecule has 2 saturated heterocycles. The van der Waals surface area contributed by atoms with Gasteiger partial charge < -0.3 is 19.3 Å². The molecule has 7 nitrogen and oxygen atoms in total. The molecule has 1 atom stereocenters. The highest BCUT2D eigenvalue weighted by Crippen LogP contribution is 2.32. The number of carbonyl (C=O) groups excluding carboxylic acids is 2. The van der Waals surface area contributed by atoms with Gasteiger partial charge in [0.1, 0.15) is 24.2 Å². The predicted octanol–water partition coefficient (Wildman–Crippen LogP) is 0.986. The molecule has 158 valence electrons. The fourth-order valence-electron chi connectivity index (χ4n) is 3.90. The maximum atomic E-state index is 13.2. The summed E-state index contributed by atoms with van der Waals surface area (Å²) in [6.45, 7) is 5.14. The number of hydrogen-bond donors (Lipinski definition) is 0. The van der Waals surface area contributed by atoms with E-state index in [0.717, 1.165) is 19.4 Å². The Bertz CT molecular complexity index is 719. The molecule has 1 aromatic rings. The van der Waals surface area contributed by atoms with Gasteiger partial charge in [-0.3, -0.25) is 14.5 Å². The van der Waals surface area contributed by atoms with Gasteiger partial charge in [0.15, 0.2) is 0 Å². The topological polar surface area (TPSA) is 62.3 Å². The SMILES string of the molecule is O=C(C1CN(CCOc2ccc(F)cc2)CCN1C(=O)C1CC1)N1CCOCC1. The molecule has 1 unspecified atom stereocenters. The van der Waals surface area contributed by atoms with Gasteiger partial charge in [0.05, 0.1) is 13.2 Å². The first kappa shape index (κ1) is 20.1. The van der Waals surface area contributed by atoms with Crippen LogP contribution in [0.15, 0.2) is 24.3 Å². The second kappa shape index (κ2) is 9.09. The van der Waals surface area contributed by atoms with E-state index in [1.807, 2.05) is 4.90 Å². The number of rotatable bonds is 6. The first-order valence-electron chi connectivity index (χ1n) is 10.4. The zero-order valence-corrected chi connectivity index (χ0v) is 16.6. The van der Waals surface area contributed by atoms with Crippen LogP contribution in [-0.2, 0) is 14.3 Å². The van der Waals surface area contributed by atoms with Crippen LogP contribution in [0.4, 0.5) is 4.39 Å². The van der Waals surface area contributed by atoms with E-state index in [-0.39, 0.29) is 23.5 Å². The molecule has 8 heteroatoms. The molecule has 4 rings (SSSR count). The number of nitrogens with zero attached hydrogens (tertiary/aromatic N) is 3. The highest BCUT2D eigenvalue weighted by Gasteiger charge is 2.42. The van der Waals surface area contributed by atoms with E-state index in [1.54, 1.807) is 17.0 Å². The zero-order chi connectivity index (χ0) is 20.2. The summed E-state index contributed by atoms with van der Waals surface area (Å²) in [5.41, 5.74) is 0. The Kier molecular flexibility index (Phi) is 6.30. The average molecular weight is 405 g/mol. The summed E-state index contributed by atoms with van der Waals surface area (Å²) < 4.78 is 24.1. The molecule has 29 heavy (non-hydrogen) atoms. The molecule has 2 aliphatic heterocycles. The van der Waals surface area contributed by atoms with Crippen LogP contribution in [0.2, 0.25) is 0 Å². The fourth-order valence-corrected chi connectivity index (χ4v) is 3.90. The molecule has 3 fully saturated rings. The number of piperazine rings is 1. The van der Waals surface area contributed by atoms with Crippen molar-refractivity contribution >= 4 is 11.8 Å². The Morgan fingerprint density at radius 3 is 2.45 bits per heavy atom. The van der Waals surface area contributed by atoms with Crippen molar-refractivity contribution in [2.75, 3.05) is 59.1 Å². The van der Waals surface area contributed by atoms with Crippen LogP contribution in [0, 0.1) is 11.7 Å². The summed E-state index contributed by atoms with van der Waals surface area (Å²) in [5.74, 6) is 0.571. The van der Waals surface area contributed by atoms with Crippen molar-refractivity contribution in [1.82, 2.24) is 14.7 Å². The fraction of sp³-hybridized carbons (Fsp3) is 0.619. The molecule has 1 aromatic carbocycles. The van der Waals surface area contributed by atoms with Crippen molar-refractivity contribution in [3.05, 3.63) is 30.1 Å². The van der Waals surface area contributed by atoms with E-state index < -0.39 is 6.04 Å². The molecule has 1 aliphatic carbocycles. The van der Waals surface area contributed by atoms with Crippen molar-refractivity contribution in [2.45, 2.75) is 18.9 Å². The van der Waals surface area contributed by atoms with Gasteiger partial charge in [-0.05, 0) is 37.1 Å². The summed E-state index contributed by atoms with van der Waals surface area (Å²) in [6.07, 6.45) is 1.87. The maximum Gasteiger partial charge on any atom is 0.246 e. The molecular weight excluding hydrogens is 377 g/mol. The molecule has 0 bridgehead atoms. The third-order valence-corrected chi connectivity index (χ3v) is 5.77. The Morgan fingerprint density at radius 2 is 1.76 bits per heavy atom. The summed E-state index contributed by atoms with van der Waals surface area (Å²) >= 11 is 0. The maximum absolute atomic E-state index is 13.2. The number of halogens is 1. The quantitative estimate of drug-likeness (QED) is 0.706. The van der Waals surface area contributed by atoms with Crippen LogP contribution in [0.1, 0.15) is 12.8 Å². The lowest BCUT2D eigenvalue weighted by Crippen LogP contribution is -2.62. The number of amides is 2. The Balaban J connectivity index is 1.35. The highest BCUT2D eigenvalue weighted by molar-refractivity contribution is 5.90. The average Bonchev–Trinajstić information content (AvgIpc) is 3.60. The lowest BCUT2D eigenvalue weighted by Gasteiger charge is -2.43. The van der Waals surface area contributed by atoms with E-state index in [0.29, 0.717) is 58.3 Å². The van der Waals surface area contributed by atoms with Gasteiger partial charge in [0.25, 0.3) is 0 Å². The molecule has 2 heterocycles. The normalized spacial score (nSPS) is 23.1. The van der Waals surface area contributed by atoms with Crippen molar-refractivity contribution < 1.29 is 23.5 Å². The summed E-state index contributed by atoms with van der Waals surface area (Å²) in [7, 11) is 0. The smallest absolute Gasteiger partial charge is 0.246 e. The predicted molar refractivity (Wildman–Crippen MR) is 104 cm³/mol. The van der Waals surface area contributed by atoms with Gasteiger partial charge in [0.2, 0.25) is 11.8 Å². The van der Waals surface area contributed by atoms with Crippen LogP contribution < -0.4 is 4.74 Å². The molecule has 0 radical (unpaired) electrons. The van der Waals surface area contributed by atoms with E-state index in [1.165, 1.54) is 12.1 Å². The van der Waals surface area contributed by atoms with Gasteiger partial charge in [-0.25, -0.2) is 4.39 Å². The van der Waals surface area contributed by atoms with E-state index in [2.05, 4.69) is 4.90 Å². The monoisotopic (exact) mass is 405 g/mol. The molecule has 0 spiro atoms. The van der Waals surface area contributed by atoms with Gasteiger partial charge in [-0.15, -0.1) is 0 Å². The largest absolute Gasteiger partial charge is 0.492 e. The summed E-state index contributed by atoms with van der Waals surface area (Å²) in [4.78, 5) is 31.7. The lowest BCUT2D eigenvalue weighted by atomic mass is 10.1. The zero-order valence-electron chi connectivity index (χ0n) is 16.6. The Hall–Kier alpha value is -2.19. The summed E-state index contributed by atoms with van der Waals surface area (Å²) in [6, 6.07) is 5.50. The first-order chi connectivity index (χ1) is 14.1. The number of morpholine rings is 1. The van der Waals surface area contributed by atoms with Crippen molar-refractivity contribution in [3.8, 4) is 5.75 Å². The van der Waals surface area contributed by atoms with Gasteiger partial charge in [-0.1, -0.05) is 0 Å². The lowest BCUT2D eigenvalue weighted by molar-refractivity contribution is -0.152. The molecule has 0 N–H and O–H groups in total. The minimum atomic E-state index is -0.444. The highest BCUT2D eigenvalue weighted by atomic mass is 19.1. The second-order valence-electron chi connectivity index (χ2n) is 7.86. The molecule has 3 aliphatic rings. The minimum Gasteiger partial charge on any atom is -0.492 e. The van der Waals surface area contributed by atoms with Crippen molar-refractivity contribution in [2.24, 2.45) is 5.92 Å². The van der Waals surface area contributed by atoms with Gasteiger partial charge in [0, 0.05) is 45.2 Å². The molecule has 0 aromatic heterocycles. The number of ether oxygens (including phenoxy) is 2. The number of benzene rings is 1. The van der Waals surface area contributed by atoms with Crippen LogP contribution >= 0.6 is 0 Å². The summed E-state index contributed by atoms with van der Waals surface area (Å²) in [5, 5.41) is 0. The second-order valence-corrected chi connectivity index (χ2v) is 7.86. The number of hydrogen-bond acceptors (Lipinski definition) is 5. The van der Waals surface area contributed by atoms with Crippen LogP contribution in [0.25, 0.3) is 0 Å². The van der Waals surface area contributed by atoms with Crippen molar-refractivity contribution in [1.29, 1.82) is 0 Å². The van der Waals surface area contributed by atoms with Gasteiger partial charge >= 0.3 is 0 Å². The minimum absolute atomic E-state index is 0.0199. The van der Waals surface area contributed by atoms with Crippen molar-refractivity contribution in [3.63, 3.8) is 0 Å². The van der Waals surface area contributed by atoms with Crippen LogP contribution in [0.5, 0.6) is 5.75 Å². The Labute approximate surface area is 170 Å². The van der Waals surface area contributed by atoms with E-state index >= 15 is 0 Å². The van der Waals surface area contributed by atoms with Gasteiger partial charge in [-0.2, -0.15) is 0 Å². The third-order valence-electron chi connectivity index (χ3n) is 5.77. The van der Waals surface area contributed by atoms with E-state index in [9.17, 15) is 14.0 Å². The molecular formula is C21H28FN3O4. The molecule has 2 amide bonds.